The molecule has 23 heavy (non-hydrogen) atoms. The van der Waals surface area contributed by atoms with Gasteiger partial charge < -0.3 is 0 Å². The van der Waals surface area contributed by atoms with E-state index in [1.165, 1.54) is 11.1 Å². The maximum Gasteiger partial charge on any atom is 0.243 e. The molecule has 0 aromatic heterocycles. The molecular weight excluding hydrogens is 288 g/mol. The molecule has 2 aromatic rings. The summed E-state index contributed by atoms with van der Waals surface area (Å²) in [4.78, 5) is 13.5. The molecular formula is C19H24N2O2. The van der Waals surface area contributed by atoms with Gasteiger partial charge in [-0.25, -0.2) is 5.48 Å². The Kier molecular flexibility index (Phi) is 7.30. The Morgan fingerprint density at radius 2 is 1.39 bits per heavy atom. The second-order valence-corrected chi connectivity index (χ2v) is 5.67. The highest BCUT2D eigenvalue weighted by molar-refractivity contribution is 5.74. The number of benzene rings is 2. The summed E-state index contributed by atoms with van der Waals surface area (Å²) < 4.78 is 0. The quantitative estimate of drug-likeness (QED) is 0.424. The second-order valence-electron chi connectivity index (χ2n) is 5.67. The average molecular weight is 312 g/mol. The molecule has 2 aromatic carbocycles. The van der Waals surface area contributed by atoms with Crippen molar-refractivity contribution in [1.82, 2.24) is 10.4 Å². The maximum atomic E-state index is 11.1. The Balaban J connectivity index is 1.89. The van der Waals surface area contributed by atoms with Crippen LogP contribution in [0.1, 0.15) is 30.4 Å². The van der Waals surface area contributed by atoms with Crippen molar-refractivity contribution < 1.29 is 10.0 Å². The molecule has 0 atom stereocenters. The number of nitrogens with zero attached hydrogens (tertiary/aromatic N) is 1. The van der Waals surface area contributed by atoms with E-state index in [1.54, 1.807) is 5.48 Å². The van der Waals surface area contributed by atoms with Gasteiger partial charge in [0, 0.05) is 19.5 Å². The molecule has 2 N–H and O–H groups in total. The predicted octanol–water partition coefficient (Wildman–Crippen LogP) is 3.36. The van der Waals surface area contributed by atoms with Crippen LogP contribution in [0.5, 0.6) is 0 Å². The molecule has 0 fully saturated rings. The zero-order chi connectivity index (χ0) is 16.3. The van der Waals surface area contributed by atoms with Crippen molar-refractivity contribution in [2.45, 2.75) is 32.4 Å². The summed E-state index contributed by atoms with van der Waals surface area (Å²) in [6.07, 6.45) is 2.06. The summed E-state index contributed by atoms with van der Waals surface area (Å²) in [5.74, 6) is -0.317. The van der Waals surface area contributed by atoms with Crippen molar-refractivity contribution in [3.63, 3.8) is 0 Å². The first-order chi connectivity index (χ1) is 11.3. The molecule has 0 aliphatic heterocycles. The molecule has 0 unspecified atom stereocenters. The number of carbonyl (C=O) groups excluding carboxylic acids is 1. The van der Waals surface area contributed by atoms with E-state index in [1.807, 2.05) is 12.1 Å². The van der Waals surface area contributed by atoms with Crippen LogP contribution in [0, 0.1) is 0 Å². The van der Waals surface area contributed by atoms with Gasteiger partial charge in [0.1, 0.15) is 0 Å². The van der Waals surface area contributed by atoms with Gasteiger partial charge in [-0.05, 0) is 30.5 Å². The lowest BCUT2D eigenvalue weighted by atomic mass is 10.1. The minimum absolute atomic E-state index is 0.317. The number of hydroxylamine groups is 1. The third-order valence-corrected chi connectivity index (χ3v) is 3.75. The lowest BCUT2D eigenvalue weighted by Gasteiger charge is -2.22. The summed E-state index contributed by atoms with van der Waals surface area (Å²) in [5, 5.41) is 8.52. The monoisotopic (exact) mass is 312 g/mol. The van der Waals surface area contributed by atoms with Gasteiger partial charge in [-0.2, -0.15) is 0 Å². The van der Waals surface area contributed by atoms with Crippen molar-refractivity contribution in [3.05, 3.63) is 71.8 Å². The van der Waals surface area contributed by atoms with Crippen molar-refractivity contribution in [2.75, 3.05) is 6.54 Å². The van der Waals surface area contributed by atoms with Gasteiger partial charge in [0.2, 0.25) is 5.91 Å². The van der Waals surface area contributed by atoms with Gasteiger partial charge in [0.05, 0.1) is 0 Å². The Morgan fingerprint density at radius 3 is 1.87 bits per heavy atom. The van der Waals surface area contributed by atoms with Crippen LogP contribution in [0.15, 0.2) is 60.7 Å². The van der Waals surface area contributed by atoms with E-state index in [0.717, 1.165) is 32.5 Å². The van der Waals surface area contributed by atoms with Crippen molar-refractivity contribution in [3.8, 4) is 0 Å². The zero-order valence-electron chi connectivity index (χ0n) is 13.3. The fourth-order valence-corrected chi connectivity index (χ4v) is 2.57. The summed E-state index contributed by atoms with van der Waals surface area (Å²) >= 11 is 0. The van der Waals surface area contributed by atoms with Crippen LogP contribution in [0.4, 0.5) is 0 Å². The highest BCUT2D eigenvalue weighted by Crippen LogP contribution is 2.11. The molecule has 1 amide bonds. The fourth-order valence-electron chi connectivity index (χ4n) is 2.57. The van der Waals surface area contributed by atoms with E-state index in [-0.39, 0.29) is 5.91 Å². The van der Waals surface area contributed by atoms with E-state index in [2.05, 4.69) is 53.4 Å². The minimum atomic E-state index is -0.317. The van der Waals surface area contributed by atoms with Crippen LogP contribution >= 0.6 is 0 Å². The van der Waals surface area contributed by atoms with Gasteiger partial charge in [0.25, 0.3) is 0 Å². The van der Waals surface area contributed by atoms with Crippen LogP contribution in [-0.2, 0) is 17.9 Å². The molecule has 0 radical (unpaired) electrons. The number of unbranched alkanes of at least 4 members (excludes halogenated alkanes) is 1. The average Bonchev–Trinajstić information content (AvgIpc) is 2.60. The molecule has 122 valence electrons. The fraction of sp³-hybridized carbons (Fsp3) is 0.316. The third kappa shape index (κ3) is 6.63. The lowest BCUT2D eigenvalue weighted by molar-refractivity contribution is -0.129. The Labute approximate surface area is 137 Å². The second kappa shape index (κ2) is 9.77. The topological polar surface area (TPSA) is 52.6 Å². The molecule has 0 aliphatic carbocycles. The smallest absolute Gasteiger partial charge is 0.243 e. The van der Waals surface area contributed by atoms with Crippen LogP contribution in [0.2, 0.25) is 0 Å². The SMILES string of the molecule is O=C(CCCCN(Cc1ccccc1)Cc1ccccc1)NO. The summed E-state index contributed by atoms with van der Waals surface area (Å²) in [7, 11) is 0. The Hall–Kier alpha value is -2.17. The predicted molar refractivity (Wildman–Crippen MR) is 90.8 cm³/mol. The summed E-state index contributed by atoms with van der Waals surface area (Å²) in [5.41, 5.74) is 4.26. The first-order valence-electron chi connectivity index (χ1n) is 8.01. The van der Waals surface area contributed by atoms with Crippen LogP contribution in [0.25, 0.3) is 0 Å². The first kappa shape index (κ1) is 17.2. The summed E-state index contributed by atoms with van der Waals surface area (Å²) in [6.45, 7) is 2.70. The maximum absolute atomic E-state index is 11.1. The van der Waals surface area contributed by atoms with Gasteiger partial charge in [-0.3, -0.25) is 14.9 Å². The van der Waals surface area contributed by atoms with Crippen molar-refractivity contribution in [1.29, 1.82) is 0 Å². The highest BCUT2D eigenvalue weighted by atomic mass is 16.5. The molecule has 4 nitrogen and oxygen atoms in total. The van der Waals surface area contributed by atoms with Crippen LogP contribution in [0.3, 0.4) is 0 Å². The number of hydrogen-bond donors (Lipinski definition) is 2. The van der Waals surface area contributed by atoms with Gasteiger partial charge >= 0.3 is 0 Å². The first-order valence-corrected chi connectivity index (χ1v) is 8.01. The van der Waals surface area contributed by atoms with E-state index in [9.17, 15) is 4.79 Å². The van der Waals surface area contributed by atoms with Gasteiger partial charge in [0.15, 0.2) is 0 Å². The Bertz CT molecular complexity index is 531. The molecule has 2 rings (SSSR count). The molecule has 4 heteroatoms. The van der Waals surface area contributed by atoms with Gasteiger partial charge in [-0.15, -0.1) is 0 Å². The molecule has 0 spiro atoms. The number of amides is 1. The number of hydrogen-bond acceptors (Lipinski definition) is 3. The number of rotatable bonds is 9. The minimum Gasteiger partial charge on any atom is -0.295 e. The normalized spacial score (nSPS) is 10.7. The third-order valence-electron chi connectivity index (χ3n) is 3.75. The van der Waals surface area contributed by atoms with E-state index in [4.69, 9.17) is 5.21 Å². The van der Waals surface area contributed by atoms with E-state index >= 15 is 0 Å². The van der Waals surface area contributed by atoms with Gasteiger partial charge in [-0.1, -0.05) is 60.7 Å². The van der Waals surface area contributed by atoms with Crippen LogP contribution < -0.4 is 5.48 Å². The molecule has 0 aliphatic rings. The molecule has 0 bridgehead atoms. The van der Waals surface area contributed by atoms with E-state index in [0.29, 0.717) is 6.42 Å². The Morgan fingerprint density at radius 1 is 0.870 bits per heavy atom. The van der Waals surface area contributed by atoms with E-state index < -0.39 is 0 Å². The van der Waals surface area contributed by atoms with Crippen molar-refractivity contribution in [2.24, 2.45) is 0 Å². The largest absolute Gasteiger partial charge is 0.295 e. The number of carbonyl (C=O) groups is 1. The molecule has 0 saturated carbocycles. The standard InChI is InChI=1S/C19H24N2O2/c22-19(20-23)13-7-8-14-21(15-17-9-3-1-4-10-17)16-18-11-5-2-6-12-18/h1-6,9-12,23H,7-8,13-16H2,(H,20,22). The lowest BCUT2D eigenvalue weighted by Crippen LogP contribution is -2.24. The summed E-state index contributed by atoms with van der Waals surface area (Å²) in [6, 6.07) is 20.8. The zero-order valence-corrected chi connectivity index (χ0v) is 13.3. The van der Waals surface area contributed by atoms with Crippen LogP contribution in [-0.4, -0.2) is 22.6 Å². The highest BCUT2D eigenvalue weighted by Gasteiger charge is 2.08. The molecule has 0 heterocycles. The molecule has 0 saturated heterocycles. The number of nitrogens with one attached hydrogen (secondary N) is 1. The van der Waals surface area contributed by atoms with Crippen molar-refractivity contribution >= 4 is 5.91 Å².